The maximum Gasteiger partial charge on any atom is 0.191 e. The SMILES string of the molecule is C=CCNC(=NCCc1ccco1)NC1CCN(C(C)C)CC1. The number of hydrogen-bond acceptors (Lipinski definition) is 3. The van der Waals surface area contributed by atoms with Crippen LogP contribution in [0, 0.1) is 0 Å². The Balaban J connectivity index is 1.81. The van der Waals surface area contributed by atoms with Gasteiger partial charge in [-0.25, -0.2) is 0 Å². The molecule has 1 aromatic rings. The molecule has 0 bridgehead atoms. The van der Waals surface area contributed by atoms with E-state index in [1.165, 1.54) is 0 Å². The minimum absolute atomic E-state index is 0.490. The molecule has 2 N–H and O–H groups in total. The summed E-state index contributed by atoms with van der Waals surface area (Å²) in [4.78, 5) is 7.19. The number of rotatable bonds is 7. The number of aliphatic imine (C=N–C) groups is 1. The topological polar surface area (TPSA) is 52.8 Å². The highest BCUT2D eigenvalue weighted by molar-refractivity contribution is 5.80. The summed E-state index contributed by atoms with van der Waals surface area (Å²) < 4.78 is 5.35. The molecule has 1 saturated heterocycles. The molecule has 0 aliphatic carbocycles. The minimum atomic E-state index is 0.490. The maximum atomic E-state index is 5.35. The van der Waals surface area contributed by atoms with Crippen molar-refractivity contribution in [3.8, 4) is 0 Å². The summed E-state index contributed by atoms with van der Waals surface area (Å²) in [5.74, 6) is 1.85. The van der Waals surface area contributed by atoms with E-state index in [2.05, 4.69) is 41.0 Å². The Hall–Kier alpha value is -1.75. The molecule has 0 aromatic carbocycles. The molecule has 5 heteroatoms. The summed E-state index contributed by atoms with van der Waals surface area (Å²) in [5.41, 5.74) is 0. The van der Waals surface area contributed by atoms with Gasteiger partial charge in [0.25, 0.3) is 0 Å². The lowest BCUT2D eigenvalue weighted by atomic mass is 10.0. The number of furan rings is 1. The number of nitrogens with zero attached hydrogens (tertiary/aromatic N) is 2. The molecule has 0 atom stereocenters. The molecule has 0 unspecified atom stereocenters. The van der Waals surface area contributed by atoms with Crippen molar-refractivity contribution in [3.63, 3.8) is 0 Å². The summed E-state index contributed by atoms with van der Waals surface area (Å²) in [6.45, 7) is 12.0. The van der Waals surface area contributed by atoms with Crippen molar-refractivity contribution in [2.45, 2.75) is 45.2 Å². The second kappa shape index (κ2) is 9.40. The van der Waals surface area contributed by atoms with Crippen molar-refractivity contribution in [1.82, 2.24) is 15.5 Å². The van der Waals surface area contributed by atoms with Crippen LogP contribution in [0.5, 0.6) is 0 Å². The lowest BCUT2D eigenvalue weighted by Crippen LogP contribution is -2.50. The second-order valence-corrected chi connectivity index (χ2v) is 6.28. The van der Waals surface area contributed by atoms with Gasteiger partial charge in [0.15, 0.2) is 5.96 Å². The Morgan fingerprint density at radius 2 is 2.26 bits per heavy atom. The van der Waals surface area contributed by atoms with Gasteiger partial charge < -0.3 is 20.0 Å². The van der Waals surface area contributed by atoms with E-state index >= 15 is 0 Å². The first kappa shape index (κ1) is 17.6. The zero-order chi connectivity index (χ0) is 16.5. The van der Waals surface area contributed by atoms with Crippen LogP contribution in [0.25, 0.3) is 0 Å². The van der Waals surface area contributed by atoms with Crippen molar-refractivity contribution in [3.05, 3.63) is 36.8 Å². The molecule has 2 heterocycles. The second-order valence-electron chi connectivity index (χ2n) is 6.28. The molecule has 1 fully saturated rings. The standard InChI is InChI=1S/C18H30N4O/c1-4-10-19-18(20-11-7-17-6-5-14-23-17)21-16-8-12-22(13-9-16)15(2)3/h4-6,14-16H,1,7-13H2,2-3H3,(H2,19,20,21). The number of likely N-dealkylation sites (tertiary alicyclic amines) is 1. The van der Waals surface area contributed by atoms with E-state index in [0.29, 0.717) is 18.6 Å². The molecule has 0 amide bonds. The number of piperidine rings is 1. The minimum Gasteiger partial charge on any atom is -0.469 e. The lowest BCUT2D eigenvalue weighted by molar-refractivity contribution is 0.167. The summed E-state index contributed by atoms with van der Waals surface area (Å²) in [6, 6.07) is 5.03. The van der Waals surface area contributed by atoms with E-state index in [-0.39, 0.29) is 0 Å². The fourth-order valence-corrected chi connectivity index (χ4v) is 2.81. The van der Waals surface area contributed by atoms with Gasteiger partial charge in [0.1, 0.15) is 5.76 Å². The van der Waals surface area contributed by atoms with Crippen LogP contribution in [0.1, 0.15) is 32.4 Å². The molecule has 2 rings (SSSR count). The first-order valence-corrected chi connectivity index (χ1v) is 8.61. The summed E-state index contributed by atoms with van der Waals surface area (Å²) >= 11 is 0. The zero-order valence-corrected chi connectivity index (χ0v) is 14.4. The van der Waals surface area contributed by atoms with Gasteiger partial charge in [0.2, 0.25) is 0 Å². The highest BCUT2D eigenvalue weighted by Crippen LogP contribution is 2.12. The van der Waals surface area contributed by atoms with E-state index in [0.717, 1.165) is 50.6 Å². The van der Waals surface area contributed by atoms with Crippen LogP contribution in [0.2, 0.25) is 0 Å². The Morgan fingerprint density at radius 3 is 2.87 bits per heavy atom. The molecule has 23 heavy (non-hydrogen) atoms. The van der Waals surface area contributed by atoms with Crippen LogP contribution >= 0.6 is 0 Å². The molecule has 1 aromatic heterocycles. The molecule has 1 aliphatic rings. The van der Waals surface area contributed by atoms with Gasteiger partial charge in [-0.05, 0) is 38.8 Å². The molecule has 1 aliphatic heterocycles. The number of hydrogen-bond donors (Lipinski definition) is 2. The van der Waals surface area contributed by atoms with Gasteiger partial charge >= 0.3 is 0 Å². The van der Waals surface area contributed by atoms with Crippen LogP contribution in [0.15, 0.2) is 40.5 Å². The Bertz CT molecular complexity index is 473. The Labute approximate surface area is 139 Å². The quantitative estimate of drug-likeness (QED) is 0.460. The average Bonchev–Trinajstić information content (AvgIpc) is 3.06. The highest BCUT2D eigenvalue weighted by atomic mass is 16.3. The highest BCUT2D eigenvalue weighted by Gasteiger charge is 2.21. The molecule has 0 saturated carbocycles. The lowest BCUT2D eigenvalue weighted by Gasteiger charge is -2.35. The molecule has 5 nitrogen and oxygen atoms in total. The monoisotopic (exact) mass is 318 g/mol. The average molecular weight is 318 g/mol. The van der Waals surface area contributed by atoms with E-state index < -0.39 is 0 Å². The van der Waals surface area contributed by atoms with Gasteiger partial charge in [-0.15, -0.1) is 6.58 Å². The van der Waals surface area contributed by atoms with Gasteiger partial charge in [0.05, 0.1) is 6.26 Å². The molecular weight excluding hydrogens is 288 g/mol. The van der Waals surface area contributed by atoms with Crippen LogP contribution in [0.3, 0.4) is 0 Å². The zero-order valence-electron chi connectivity index (χ0n) is 14.4. The maximum absolute atomic E-state index is 5.35. The predicted molar refractivity (Wildman–Crippen MR) is 95.8 cm³/mol. The predicted octanol–water partition coefficient (Wildman–Crippen LogP) is 2.42. The van der Waals surface area contributed by atoms with Crippen LogP contribution in [-0.4, -0.2) is 49.1 Å². The van der Waals surface area contributed by atoms with Crippen LogP contribution in [-0.2, 0) is 6.42 Å². The number of guanidine groups is 1. The van der Waals surface area contributed by atoms with Crippen molar-refractivity contribution in [1.29, 1.82) is 0 Å². The fraction of sp³-hybridized carbons (Fsp3) is 0.611. The fourth-order valence-electron chi connectivity index (χ4n) is 2.81. The molecular formula is C18H30N4O. The normalized spacial score (nSPS) is 17.4. The van der Waals surface area contributed by atoms with Crippen LogP contribution in [0.4, 0.5) is 0 Å². The van der Waals surface area contributed by atoms with Crippen molar-refractivity contribution in [2.75, 3.05) is 26.2 Å². The summed E-state index contributed by atoms with van der Waals surface area (Å²) in [6.07, 6.45) is 6.69. The summed E-state index contributed by atoms with van der Waals surface area (Å²) in [5, 5.41) is 6.87. The van der Waals surface area contributed by atoms with Crippen molar-refractivity contribution in [2.24, 2.45) is 4.99 Å². The number of nitrogens with one attached hydrogen (secondary N) is 2. The van der Waals surface area contributed by atoms with Crippen molar-refractivity contribution >= 4 is 5.96 Å². The smallest absolute Gasteiger partial charge is 0.191 e. The third-order valence-electron chi connectivity index (χ3n) is 4.22. The van der Waals surface area contributed by atoms with Crippen molar-refractivity contribution < 1.29 is 4.42 Å². The first-order chi connectivity index (χ1) is 11.2. The van der Waals surface area contributed by atoms with E-state index in [9.17, 15) is 0 Å². The van der Waals surface area contributed by atoms with Crippen LogP contribution < -0.4 is 10.6 Å². The Kier molecular flexibility index (Phi) is 7.20. The Morgan fingerprint density at radius 1 is 1.48 bits per heavy atom. The summed E-state index contributed by atoms with van der Waals surface area (Å²) in [7, 11) is 0. The first-order valence-electron chi connectivity index (χ1n) is 8.61. The third kappa shape index (κ3) is 6.10. The molecule has 0 radical (unpaired) electrons. The third-order valence-corrected chi connectivity index (χ3v) is 4.22. The van der Waals surface area contributed by atoms with E-state index in [1.807, 2.05) is 18.2 Å². The van der Waals surface area contributed by atoms with E-state index in [1.54, 1.807) is 6.26 Å². The van der Waals surface area contributed by atoms with Gasteiger partial charge in [-0.3, -0.25) is 4.99 Å². The van der Waals surface area contributed by atoms with Gasteiger partial charge in [-0.1, -0.05) is 6.08 Å². The molecule has 0 spiro atoms. The van der Waals surface area contributed by atoms with Gasteiger partial charge in [0, 0.05) is 44.7 Å². The van der Waals surface area contributed by atoms with Gasteiger partial charge in [-0.2, -0.15) is 0 Å². The van der Waals surface area contributed by atoms with E-state index in [4.69, 9.17) is 4.42 Å². The molecule has 128 valence electrons. The largest absolute Gasteiger partial charge is 0.469 e.